The number of carbonyl (C=O) groups is 3. The van der Waals surface area contributed by atoms with E-state index in [-0.39, 0.29) is 31.0 Å². The van der Waals surface area contributed by atoms with Gasteiger partial charge in [0.25, 0.3) is 5.91 Å². The van der Waals surface area contributed by atoms with Crippen LogP contribution in [0.1, 0.15) is 17.4 Å². The van der Waals surface area contributed by atoms with E-state index in [1.165, 1.54) is 0 Å². The summed E-state index contributed by atoms with van der Waals surface area (Å²) in [5, 5.41) is 2.40. The van der Waals surface area contributed by atoms with Crippen LogP contribution in [0.15, 0.2) is 18.3 Å². The van der Waals surface area contributed by atoms with Gasteiger partial charge in [-0.25, -0.2) is 4.79 Å². The van der Waals surface area contributed by atoms with Crippen LogP contribution in [0, 0.1) is 6.92 Å². The molecule has 2 aliphatic rings. The molecule has 1 aromatic heterocycles. The lowest BCUT2D eigenvalue weighted by Crippen LogP contribution is -2.48. The molecule has 0 aliphatic carbocycles. The number of nitrogens with zero attached hydrogens (tertiary/aromatic N) is 3. The molecule has 1 aromatic rings. The molecule has 3 heterocycles. The van der Waals surface area contributed by atoms with Gasteiger partial charge < -0.3 is 15.0 Å². The summed E-state index contributed by atoms with van der Waals surface area (Å²) >= 11 is 0. The van der Waals surface area contributed by atoms with Crippen molar-refractivity contribution in [2.24, 2.45) is 0 Å². The molecule has 0 aromatic carbocycles. The second kappa shape index (κ2) is 6.33. The van der Waals surface area contributed by atoms with Gasteiger partial charge in [-0.05, 0) is 24.6 Å². The molecule has 8 nitrogen and oxygen atoms in total. The smallest absolute Gasteiger partial charge is 0.325 e. The van der Waals surface area contributed by atoms with Crippen LogP contribution in [0.2, 0.25) is 0 Å². The molecule has 4 amide bonds. The third-order valence-corrected chi connectivity index (χ3v) is 3.94. The van der Waals surface area contributed by atoms with Crippen LogP contribution in [-0.2, 0) is 14.3 Å². The van der Waals surface area contributed by atoms with E-state index in [0.29, 0.717) is 19.7 Å². The van der Waals surface area contributed by atoms with Gasteiger partial charge in [-0.2, -0.15) is 0 Å². The number of carbonyl (C=O) groups excluding carboxylic acids is 3. The molecule has 0 unspecified atom stereocenters. The Morgan fingerprint density at radius 2 is 2.30 bits per heavy atom. The third-order valence-electron chi connectivity index (χ3n) is 3.94. The third kappa shape index (κ3) is 3.31. The highest BCUT2D eigenvalue weighted by molar-refractivity contribution is 6.04. The van der Waals surface area contributed by atoms with Gasteiger partial charge in [0.05, 0.1) is 19.7 Å². The quantitative estimate of drug-likeness (QED) is 0.782. The highest BCUT2D eigenvalue weighted by Crippen LogP contribution is 2.22. The summed E-state index contributed by atoms with van der Waals surface area (Å²) in [5.41, 5.74) is 1.85. The lowest BCUT2D eigenvalue weighted by Gasteiger charge is -2.33. The number of morpholine rings is 1. The summed E-state index contributed by atoms with van der Waals surface area (Å²) in [6, 6.07) is 3.28. The first-order valence-electron chi connectivity index (χ1n) is 7.45. The van der Waals surface area contributed by atoms with Gasteiger partial charge >= 0.3 is 6.03 Å². The normalized spacial score (nSPS) is 21.5. The fourth-order valence-electron chi connectivity index (χ4n) is 2.70. The van der Waals surface area contributed by atoms with Gasteiger partial charge in [0, 0.05) is 18.4 Å². The average Bonchev–Trinajstić information content (AvgIpc) is 2.87. The maximum Gasteiger partial charge on any atom is 0.325 e. The number of amides is 4. The molecule has 2 aliphatic heterocycles. The fourth-order valence-corrected chi connectivity index (χ4v) is 2.70. The number of nitrogens with one attached hydrogen (secondary N) is 1. The largest absolute Gasteiger partial charge is 0.370 e. The first-order chi connectivity index (χ1) is 11.0. The van der Waals surface area contributed by atoms with Crippen molar-refractivity contribution in [3.63, 3.8) is 0 Å². The predicted octanol–water partition coefficient (Wildman–Crippen LogP) is -0.158. The highest BCUT2D eigenvalue weighted by atomic mass is 16.5. The maximum atomic E-state index is 12.4. The summed E-state index contributed by atoms with van der Waals surface area (Å²) in [4.78, 5) is 42.2. The predicted molar refractivity (Wildman–Crippen MR) is 79.4 cm³/mol. The van der Waals surface area contributed by atoms with Crippen molar-refractivity contribution in [3.05, 3.63) is 29.6 Å². The topological polar surface area (TPSA) is 91.8 Å². The molecule has 0 radical (unpaired) electrons. The van der Waals surface area contributed by atoms with E-state index < -0.39 is 6.03 Å². The van der Waals surface area contributed by atoms with Crippen molar-refractivity contribution in [1.82, 2.24) is 20.1 Å². The molecule has 3 rings (SSSR count). The first kappa shape index (κ1) is 15.4. The van der Waals surface area contributed by atoms with E-state index in [1.807, 2.05) is 19.1 Å². The van der Waals surface area contributed by atoms with E-state index in [4.69, 9.17) is 4.74 Å². The zero-order chi connectivity index (χ0) is 16.4. The second-order valence-corrected chi connectivity index (χ2v) is 5.57. The lowest BCUT2D eigenvalue weighted by molar-refractivity contribution is -0.142. The number of aromatic nitrogens is 1. The van der Waals surface area contributed by atoms with Gasteiger partial charge in [0.1, 0.15) is 12.6 Å². The minimum Gasteiger partial charge on any atom is -0.370 e. The number of pyridine rings is 1. The van der Waals surface area contributed by atoms with Crippen molar-refractivity contribution >= 4 is 17.8 Å². The van der Waals surface area contributed by atoms with Crippen LogP contribution in [0.3, 0.4) is 0 Å². The molecule has 2 fully saturated rings. The monoisotopic (exact) mass is 318 g/mol. The van der Waals surface area contributed by atoms with E-state index in [9.17, 15) is 14.4 Å². The van der Waals surface area contributed by atoms with E-state index in [1.54, 1.807) is 11.1 Å². The Balaban J connectivity index is 1.65. The Kier molecular flexibility index (Phi) is 4.24. The van der Waals surface area contributed by atoms with Crippen LogP contribution in [-0.4, -0.2) is 65.4 Å². The number of imide groups is 1. The Labute approximate surface area is 133 Å². The number of rotatable bonds is 3. The molecule has 8 heteroatoms. The number of urea groups is 1. The molecule has 122 valence electrons. The van der Waals surface area contributed by atoms with Gasteiger partial charge in [-0.3, -0.25) is 19.5 Å². The number of ether oxygens (including phenoxy) is 1. The second-order valence-electron chi connectivity index (χ2n) is 5.57. The summed E-state index contributed by atoms with van der Waals surface area (Å²) in [6.45, 7) is 2.88. The SMILES string of the molecule is Cc1cc([C@H]2CN(C(=O)CN3C(=O)CNC3=O)CCO2)ccn1. The van der Waals surface area contributed by atoms with Crippen LogP contribution >= 0.6 is 0 Å². The Morgan fingerprint density at radius 3 is 3.00 bits per heavy atom. The van der Waals surface area contributed by atoms with Gasteiger partial charge in [0.15, 0.2) is 0 Å². The van der Waals surface area contributed by atoms with Gasteiger partial charge in [0.2, 0.25) is 5.91 Å². The van der Waals surface area contributed by atoms with Crippen LogP contribution in [0.5, 0.6) is 0 Å². The lowest BCUT2D eigenvalue weighted by atomic mass is 10.1. The number of aryl methyl sites for hydroxylation is 1. The molecule has 0 spiro atoms. The number of hydrogen-bond donors (Lipinski definition) is 1. The maximum absolute atomic E-state index is 12.4. The van der Waals surface area contributed by atoms with Crippen molar-refractivity contribution in [3.8, 4) is 0 Å². The Morgan fingerprint density at radius 1 is 1.48 bits per heavy atom. The molecule has 2 saturated heterocycles. The zero-order valence-corrected chi connectivity index (χ0v) is 12.8. The average molecular weight is 318 g/mol. The van der Waals surface area contributed by atoms with Gasteiger partial charge in [-0.15, -0.1) is 0 Å². The zero-order valence-electron chi connectivity index (χ0n) is 12.8. The summed E-state index contributed by atoms with van der Waals surface area (Å²) in [7, 11) is 0. The summed E-state index contributed by atoms with van der Waals surface area (Å²) in [6.07, 6.45) is 1.49. The Hall–Kier alpha value is -2.48. The molecule has 23 heavy (non-hydrogen) atoms. The van der Waals surface area contributed by atoms with Crippen molar-refractivity contribution < 1.29 is 19.1 Å². The minimum absolute atomic E-state index is 0.0475. The molecule has 1 atom stereocenters. The molecule has 1 N–H and O–H groups in total. The molecule has 0 bridgehead atoms. The highest BCUT2D eigenvalue weighted by Gasteiger charge is 2.33. The van der Waals surface area contributed by atoms with Crippen LogP contribution < -0.4 is 5.32 Å². The van der Waals surface area contributed by atoms with Crippen LogP contribution in [0.25, 0.3) is 0 Å². The van der Waals surface area contributed by atoms with Crippen molar-refractivity contribution in [2.75, 3.05) is 32.8 Å². The number of hydrogen-bond acceptors (Lipinski definition) is 5. The van der Waals surface area contributed by atoms with Crippen molar-refractivity contribution in [1.29, 1.82) is 0 Å². The molecule has 0 saturated carbocycles. The van der Waals surface area contributed by atoms with E-state index >= 15 is 0 Å². The Bertz CT molecular complexity index is 632. The summed E-state index contributed by atoms with van der Waals surface area (Å²) < 4.78 is 5.73. The van der Waals surface area contributed by atoms with Crippen LogP contribution in [0.4, 0.5) is 4.79 Å². The van der Waals surface area contributed by atoms with Crippen molar-refractivity contribution in [2.45, 2.75) is 13.0 Å². The minimum atomic E-state index is -0.516. The standard InChI is InChI=1S/C15H18N4O4/c1-10-6-11(2-3-16-10)12-8-18(4-5-23-12)14(21)9-19-13(20)7-17-15(19)22/h2-3,6,12H,4-5,7-9H2,1H3,(H,17,22)/t12-/m1/s1. The first-order valence-corrected chi connectivity index (χ1v) is 7.45. The fraction of sp³-hybridized carbons (Fsp3) is 0.467. The van der Waals surface area contributed by atoms with Gasteiger partial charge in [-0.1, -0.05) is 0 Å². The molecular weight excluding hydrogens is 300 g/mol. The van der Waals surface area contributed by atoms with E-state index in [0.717, 1.165) is 16.2 Å². The molecular formula is C15H18N4O4. The summed E-state index contributed by atoms with van der Waals surface area (Å²) in [5.74, 6) is -0.632. The van der Waals surface area contributed by atoms with E-state index in [2.05, 4.69) is 10.3 Å².